The lowest BCUT2D eigenvalue weighted by Crippen LogP contribution is -2.25. The Morgan fingerprint density at radius 3 is 2.86 bits per heavy atom. The van der Waals surface area contributed by atoms with Gasteiger partial charge >= 0.3 is 0 Å². The lowest BCUT2D eigenvalue weighted by atomic mass is 10.2. The zero-order valence-electron chi connectivity index (χ0n) is 15.0. The number of furan rings is 1. The molecule has 0 bridgehead atoms. The van der Waals surface area contributed by atoms with Crippen molar-refractivity contribution in [2.45, 2.75) is 6.54 Å². The monoisotopic (exact) mass is 392 g/mol. The minimum atomic E-state index is -0.190. The summed E-state index contributed by atoms with van der Waals surface area (Å²) in [6.45, 7) is 0.668. The molecule has 1 amide bonds. The molecule has 140 valence electrons. The highest BCUT2D eigenvalue weighted by Crippen LogP contribution is 2.33. The van der Waals surface area contributed by atoms with Crippen molar-refractivity contribution in [1.82, 2.24) is 9.88 Å². The van der Waals surface area contributed by atoms with Crippen LogP contribution in [0.25, 0.3) is 21.0 Å². The maximum Gasteiger partial charge on any atom is 0.289 e. The molecule has 1 aliphatic heterocycles. The summed E-state index contributed by atoms with van der Waals surface area (Å²) in [4.78, 5) is 18.9. The third kappa shape index (κ3) is 2.99. The number of hydrogen-bond donors (Lipinski definition) is 0. The zero-order chi connectivity index (χ0) is 19.1. The van der Waals surface area contributed by atoms with Crippen LogP contribution in [0.1, 0.15) is 16.1 Å². The van der Waals surface area contributed by atoms with Crippen LogP contribution in [0.2, 0.25) is 0 Å². The summed E-state index contributed by atoms with van der Waals surface area (Å²) in [6, 6.07) is 17.1. The summed E-state index contributed by atoms with van der Waals surface area (Å²) in [6.07, 6.45) is 0. The number of para-hydroxylation sites is 1. The molecule has 0 spiro atoms. The lowest BCUT2D eigenvalue weighted by Gasteiger charge is -2.16. The first kappa shape index (κ1) is 16.8. The van der Waals surface area contributed by atoms with Crippen LogP contribution in [0.5, 0.6) is 11.5 Å². The van der Waals surface area contributed by atoms with Crippen molar-refractivity contribution in [3.8, 4) is 22.3 Å². The number of hydrogen-bond acceptors (Lipinski definition) is 6. The summed E-state index contributed by atoms with van der Waals surface area (Å²) in [5, 5.41) is 0.763. The second-order valence-electron chi connectivity index (χ2n) is 6.50. The molecule has 5 rings (SSSR count). The number of ether oxygens (including phenoxy) is 2. The molecule has 2 aromatic carbocycles. The average molecular weight is 392 g/mol. The van der Waals surface area contributed by atoms with E-state index in [9.17, 15) is 4.79 Å². The van der Waals surface area contributed by atoms with E-state index >= 15 is 0 Å². The number of carbonyl (C=O) groups excluding carboxylic acids is 1. The maximum atomic E-state index is 12.8. The summed E-state index contributed by atoms with van der Waals surface area (Å²) in [7, 11) is 1.74. The van der Waals surface area contributed by atoms with Gasteiger partial charge in [0.1, 0.15) is 0 Å². The molecule has 3 heterocycles. The number of amides is 1. The van der Waals surface area contributed by atoms with E-state index in [2.05, 4.69) is 4.98 Å². The van der Waals surface area contributed by atoms with E-state index < -0.39 is 0 Å². The van der Waals surface area contributed by atoms with E-state index in [1.54, 1.807) is 35.4 Å². The molecule has 2 aromatic heterocycles. The molecular weight excluding hydrogens is 376 g/mol. The number of aromatic nitrogens is 1. The molecule has 0 atom stereocenters. The van der Waals surface area contributed by atoms with Gasteiger partial charge < -0.3 is 18.8 Å². The first-order valence-corrected chi connectivity index (χ1v) is 9.59. The number of nitrogens with zero attached hydrogens (tertiary/aromatic N) is 2. The van der Waals surface area contributed by atoms with Gasteiger partial charge in [0.15, 0.2) is 28.0 Å². The minimum absolute atomic E-state index is 0.190. The van der Waals surface area contributed by atoms with Gasteiger partial charge in [-0.25, -0.2) is 4.98 Å². The molecule has 4 aromatic rings. The standard InChI is InChI=1S/C21H16N2O4S/c1-23(11-13-6-7-15-18(10-13)26-12-25-15)21(24)17-9-8-16(27-17)20-22-14-4-2-3-5-19(14)28-20/h2-10H,11-12H2,1H3. The quantitative estimate of drug-likeness (QED) is 0.509. The normalized spacial score (nSPS) is 12.5. The first-order valence-electron chi connectivity index (χ1n) is 8.77. The summed E-state index contributed by atoms with van der Waals surface area (Å²) in [5.41, 5.74) is 1.88. The van der Waals surface area contributed by atoms with Crippen LogP contribution in [0.3, 0.4) is 0 Å². The predicted octanol–water partition coefficient (Wildman–Crippen LogP) is 4.56. The van der Waals surface area contributed by atoms with Crippen molar-refractivity contribution in [2.75, 3.05) is 13.8 Å². The van der Waals surface area contributed by atoms with Gasteiger partial charge in [-0.2, -0.15) is 0 Å². The molecule has 0 aliphatic carbocycles. The Balaban J connectivity index is 1.34. The lowest BCUT2D eigenvalue weighted by molar-refractivity contribution is 0.0754. The van der Waals surface area contributed by atoms with Crippen molar-refractivity contribution in [1.29, 1.82) is 0 Å². The van der Waals surface area contributed by atoms with E-state index in [0.717, 1.165) is 26.5 Å². The average Bonchev–Trinajstić information content (AvgIpc) is 3.44. The second kappa shape index (κ2) is 6.69. The second-order valence-corrected chi connectivity index (χ2v) is 7.53. The van der Waals surface area contributed by atoms with Crippen LogP contribution in [0, 0.1) is 0 Å². The number of carbonyl (C=O) groups is 1. The predicted molar refractivity (Wildman–Crippen MR) is 106 cm³/mol. The third-order valence-corrected chi connectivity index (χ3v) is 5.58. The highest BCUT2D eigenvalue weighted by Gasteiger charge is 2.20. The molecule has 7 heteroatoms. The van der Waals surface area contributed by atoms with Crippen molar-refractivity contribution in [3.05, 3.63) is 65.9 Å². The van der Waals surface area contributed by atoms with Crippen LogP contribution in [0.4, 0.5) is 0 Å². The van der Waals surface area contributed by atoms with E-state index in [1.807, 2.05) is 42.5 Å². The molecule has 28 heavy (non-hydrogen) atoms. The van der Waals surface area contributed by atoms with Crippen molar-refractivity contribution in [2.24, 2.45) is 0 Å². The van der Waals surface area contributed by atoms with Crippen LogP contribution < -0.4 is 9.47 Å². The molecule has 0 unspecified atom stereocenters. The summed E-state index contributed by atoms with van der Waals surface area (Å²) < 4.78 is 17.6. The largest absolute Gasteiger partial charge is 0.454 e. The third-order valence-electron chi connectivity index (χ3n) is 4.52. The maximum absolute atomic E-state index is 12.8. The fourth-order valence-electron chi connectivity index (χ4n) is 3.12. The van der Waals surface area contributed by atoms with E-state index in [0.29, 0.717) is 18.1 Å². The molecule has 6 nitrogen and oxygen atoms in total. The van der Waals surface area contributed by atoms with E-state index in [1.165, 1.54) is 0 Å². The van der Waals surface area contributed by atoms with Crippen molar-refractivity contribution >= 4 is 27.5 Å². The number of rotatable bonds is 4. The molecule has 0 saturated carbocycles. The smallest absolute Gasteiger partial charge is 0.289 e. The van der Waals surface area contributed by atoms with Gasteiger partial charge in [0.2, 0.25) is 6.79 Å². The van der Waals surface area contributed by atoms with Crippen LogP contribution in [0.15, 0.2) is 59.0 Å². The van der Waals surface area contributed by atoms with Crippen molar-refractivity contribution in [3.63, 3.8) is 0 Å². The molecule has 1 aliphatic rings. The SMILES string of the molecule is CN(Cc1ccc2c(c1)OCO2)C(=O)c1ccc(-c2nc3ccccc3s2)o1. The van der Waals surface area contributed by atoms with Gasteiger partial charge in [-0.1, -0.05) is 18.2 Å². The Labute approximate surface area is 164 Å². The number of benzene rings is 2. The topological polar surface area (TPSA) is 64.8 Å². The van der Waals surface area contributed by atoms with Gasteiger partial charge in [-0.15, -0.1) is 11.3 Å². The van der Waals surface area contributed by atoms with Crippen LogP contribution in [-0.4, -0.2) is 29.6 Å². The van der Waals surface area contributed by atoms with Gasteiger partial charge in [0.25, 0.3) is 5.91 Å². The fraction of sp³-hybridized carbons (Fsp3) is 0.143. The summed E-state index contributed by atoms with van der Waals surface area (Å²) >= 11 is 1.54. The fourth-order valence-corrected chi connectivity index (χ4v) is 4.05. The van der Waals surface area contributed by atoms with E-state index in [-0.39, 0.29) is 18.5 Å². The van der Waals surface area contributed by atoms with Gasteiger partial charge in [0.05, 0.1) is 10.2 Å². The Kier molecular flexibility index (Phi) is 4.02. The van der Waals surface area contributed by atoms with Gasteiger partial charge in [-0.05, 0) is 42.0 Å². The highest BCUT2D eigenvalue weighted by atomic mass is 32.1. The molecule has 0 saturated heterocycles. The number of fused-ring (bicyclic) bond motifs is 2. The Morgan fingerprint density at radius 2 is 1.96 bits per heavy atom. The van der Waals surface area contributed by atoms with Gasteiger partial charge in [0, 0.05) is 13.6 Å². The number of thiazole rings is 1. The Hall–Kier alpha value is -3.32. The van der Waals surface area contributed by atoms with Gasteiger partial charge in [-0.3, -0.25) is 4.79 Å². The first-order chi connectivity index (χ1) is 13.7. The molecule has 0 radical (unpaired) electrons. The Bertz CT molecular complexity index is 1150. The molecular formula is C21H16N2O4S. The minimum Gasteiger partial charge on any atom is -0.454 e. The van der Waals surface area contributed by atoms with Crippen LogP contribution in [-0.2, 0) is 6.54 Å². The zero-order valence-corrected chi connectivity index (χ0v) is 15.9. The van der Waals surface area contributed by atoms with E-state index in [4.69, 9.17) is 13.9 Å². The highest BCUT2D eigenvalue weighted by molar-refractivity contribution is 7.21. The molecule has 0 fully saturated rings. The van der Waals surface area contributed by atoms with Crippen molar-refractivity contribution < 1.29 is 18.7 Å². The summed E-state index contributed by atoms with van der Waals surface area (Å²) in [5.74, 6) is 2.13. The molecule has 0 N–H and O–H groups in total. The van der Waals surface area contributed by atoms with Crippen LogP contribution >= 0.6 is 11.3 Å². The Morgan fingerprint density at radius 1 is 1.11 bits per heavy atom.